The number of aryl methyl sites for hydroxylation is 1. The van der Waals surface area contributed by atoms with Crippen molar-refractivity contribution in [2.24, 2.45) is 0 Å². The number of carbonyl (C=O) groups excluding carboxylic acids is 2. The smallest absolute Gasteiger partial charge is 0.414 e. The van der Waals surface area contributed by atoms with Crippen LogP contribution in [0.25, 0.3) is 0 Å². The molecule has 1 aliphatic heterocycles. The molecule has 2 aromatic rings. The minimum Gasteiger partial charge on any atom is -0.493 e. The Bertz CT molecular complexity index is 741. The van der Waals surface area contributed by atoms with Crippen molar-refractivity contribution in [1.82, 2.24) is 10.3 Å². The molecule has 0 spiro atoms. The Kier molecular flexibility index (Phi) is 5.28. The molecule has 1 unspecified atom stereocenters. The molecule has 6 heteroatoms. The second kappa shape index (κ2) is 7.79. The summed E-state index contributed by atoms with van der Waals surface area (Å²) >= 11 is 0. The fourth-order valence-corrected chi connectivity index (χ4v) is 2.55. The Morgan fingerprint density at radius 2 is 1.88 bits per heavy atom. The molecular formula is C19H20N2O4. The van der Waals surface area contributed by atoms with Crippen molar-refractivity contribution in [2.75, 3.05) is 6.61 Å². The minimum absolute atomic E-state index is 0.353. The Morgan fingerprint density at radius 1 is 1.12 bits per heavy atom. The summed E-state index contributed by atoms with van der Waals surface area (Å²) in [6.07, 6.45) is 2.54. The van der Waals surface area contributed by atoms with Crippen LogP contribution in [-0.2, 0) is 28.8 Å². The van der Waals surface area contributed by atoms with Gasteiger partial charge in [0.2, 0.25) is 0 Å². The highest BCUT2D eigenvalue weighted by molar-refractivity contribution is 6.00. The maximum Gasteiger partial charge on any atom is 0.414 e. The standard InChI is InChI=1S/C19H20N2O4/c1-2-13-3-6-15(20-12-13)9-10-24-16-7-4-14(5-8-16)11-17-18(22)21-19(23)25-17/h3-8,12,17H,2,9-11H2,1H3,(H,21,22,23). The summed E-state index contributed by atoms with van der Waals surface area (Å²) in [5.41, 5.74) is 3.13. The molecule has 6 nitrogen and oxygen atoms in total. The average molecular weight is 340 g/mol. The lowest BCUT2D eigenvalue weighted by Gasteiger charge is -2.09. The number of hydrogen-bond acceptors (Lipinski definition) is 5. The SMILES string of the molecule is CCc1ccc(CCOc2ccc(CC3OC(=O)NC3=O)cc2)nc1. The molecule has 2 heterocycles. The van der Waals surface area contributed by atoms with Gasteiger partial charge in [0.25, 0.3) is 5.91 Å². The van der Waals surface area contributed by atoms with E-state index in [1.807, 2.05) is 36.5 Å². The number of carbonyl (C=O) groups is 2. The lowest BCUT2D eigenvalue weighted by Crippen LogP contribution is -2.25. The Balaban J connectivity index is 1.47. The summed E-state index contributed by atoms with van der Waals surface area (Å²) in [5, 5.41) is 2.12. The van der Waals surface area contributed by atoms with E-state index < -0.39 is 18.1 Å². The zero-order valence-electron chi connectivity index (χ0n) is 14.0. The van der Waals surface area contributed by atoms with Crippen molar-refractivity contribution >= 4 is 12.0 Å². The number of cyclic esters (lactones) is 1. The third kappa shape index (κ3) is 4.56. The van der Waals surface area contributed by atoms with Crippen LogP contribution >= 0.6 is 0 Å². The first-order valence-electron chi connectivity index (χ1n) is 8.31. The molecule has 130 valence electrons. The number of hydrogen-bond donors (Lipinski definition) is 1. The van der Waals surface area contributed by atoms with Crippen LogP contribution < -0.4 is 10.1 Å². The number of imide groups is 1. The monoisotopic (exact) mass is 340 g/mol. The lowest BCUT2D eigenvalue weighted by molar-refractivity contribution is -0.123. The van der Waals surface area contributed by atoms with Crippen molar-refractivity contribution in [3.63, 3.8) is 0 Å². The van der Waals surface area contributed by atoms with E-state index in [0.29, 0.717) is 13.0 Å². The van der Waals surface area contributed by atoms with Gasteiger partial charge in [-0.1, -0.05) is 25.1 Å². The molecule has 3 rings (SSSR count). The van der Waals surface area contributed by atoms with Crippen molar-refractivity contribution in [1.29, 1.82) is 0 Å². The van der Waals surface area contributed by atoms with Crippen LogP contribution in [0.5, 0.6) is 5.75 Å². The first-order valence-corrected chi connectivity index (χ1v) is 8.31. The zero-order chi connectivity index (χ0) is 17.6. The van der Waals surface area contributed by atoms with Gasteiger partial charge in [-0.3, -0.25) is 15.1 Å². The van der Waals surface area contributed by atoms with E-state index in [1.165, 1.54) is 5.56 Å². The van der Waals surface area contributed by atoms with Gasteiger partial charge in [0.05, 0.1) is 6.61 Å². The molecule has 1 N–H and O–H groups in total. The van der Waals surface area contributed by atoms with Gasteiger partial charge >= 0.3 is 6.09 Å². The normalized spacial score (nSPS) is 16.4. The van der Waals surface area contributed by atoms with Gasteiger partial charge in [0, 0.05) is 24.7 Å². The molecule has 0 aliphatic carbocycles. The number of nitrogens with one attached hydrogen (secondary N) is 1. The highest BCUT2D eigenvalue weighted by Gasteiger charge is 2.31. The summed E-state index contributed by atoms with van der Waals surface area (Å²) in [4.78, 5) is 26.9. The molecule has 1 atom stereocenters. The Morgan fingerprint density at radius 3 is 2.48 bits per heavy atom. The number of ether oxygens (including phenoxy) is 2. The van der Waals surface area contributed by atoms with Gasteiger partial charge < -0.3 is 9.47 Å². The van der Waals surface area contributed by atoms with Crippen LogP contribution in [0.15, 0.2) is 42.6 Å². The maximum absolute atomic E-state index is 11.5. The molecular weight excluding hydrogens is 320 g/mol. The first kappa shape index (κ1) is 17.0. The van der Waals surface area contributed by atoms with E-state index in [2.05, 4.69) is 23.3 Å². The van der Waals surface area contributed by atoms with Gasteiger partial charge in [-0.25, -0.2) is 4.79 Å². The molecule has 25 heavy (non-hydrogen) atoms. The van der Waals surface area contributed by atoms with Crippen molar-refractivity contribution < 1.29 is 19.1 Å². The van der Waals surface area contributed by atoms with E-state index in [1.54, 1.807) is 0 Å². The van der Waals surface area contributed by atoms with Crippen LogP contribution in [0.2, 0.25) is 0 Å². The number of nitrogens with zero attached hydrogens (tertiary/aromatic N) is 1. The molecule has 1 fully saturated rings. The summed E-state index contributed by atoms with van der Waals surface area (Å²) in [7, 11) is 0. The van der Waals surface area contributed by atoms with E-state index in [-0.39, 0.29) is 0 Å². The summed E-state index contributed by atoms with van der Waals surface area (Å²) < 4.78 is 10.6. The predicted molar refractivity (Wildman–Crippen MR) is 91.4 cm³/mol. The summed E-state index contributed by atoms with van der Waals surface area (Å²) in [6, 6.07) is 11.5. The molecule has 1 aromatic carbocycles. The number of amides is 2. The minimum atomic E-state index is -0.753. The number of rotatable bonds is 7. The van der Waals surface area contributed by atoms with Gasteiger partial charge in [0.1, 0.15) is 5.75 Å². The van der Waals surface area contributed by atoms with Gasteiger partial charge in [0.15, 0.2) is 6.10 Å². The van der Waals surface area contributed by atoms with Crippen LogP contribution in [0, 0.1) is 0 Å². The van der Waals surface area contributed by atoms with Crippen LogP contribution in [-0.4, -0.2) is 29.7 Å². The van der Waals surface area contributed by atoms with Crippen molar-refractivity contribution in [3.05, 3.63) is 59.4 Å². The molecule has 2 amide bonds. The van der Waals surface area contributed by atoms with Crippen LogP contribution in [0.3, 0.4) is 0 Å². The quantitative estimate of drug-likeness (QED) is 0.838. The summed E-state index contributed by atoms with van der Waals surface area (Å²) in [5.74, 6) is 0.355. The van der Waals surface area contributed by atoms with E-state index in [4.69, 9.17) is 9.47 Å². The van der Waals surface area contributed by atoms with E-state index in [9.17, 15) is 9.59 Å². The average Bonchev–Trinajstić information content (AvgIpc) is 2.94. The topological polar surface area (TPSA) is 77.5 Å². The fourth-order valence-electron chi connectivity index (χ4n) is 2.55. The Labute approximate surface area is 146 Å². The Hall–Kier alpha value is -2.89. The third-order valence-corrected chi connectivity index (χ3v) is 4.03. The highest BCUT2D eigenvalue weighted by atomic mass is 16.6. The number of aromatic nitrogens is 1. The number of pyridine rings is 1. The fraction of sp³-hybridized carbons (Fsp3) is 0.316. The molecule has 0 bridgehead atoms. The molecule has 0 saturated carbocycles. The first-order chi connectivity index (χ1) is 12.1. The molecule has 1 aliphatic rings. The third-order valence-electron chi connectivity index (χ3n) is 4.03. The van der Waals surface area contributed by atoms with Crippen molar-refractivity contribution in [2.45, 2.75) is 32.3 Å². The van der Waals surface area contributed by atoms with E-state index in [0.717, 1.165) is 29.8 Å². The molecule has 1 aromatic heterocycles. The number of alkyl carbamates (subject to hydrolysis) is 1. The highest BCUT2D eigenvalue weighted by Crippen LogP contribution is 2.16. The zero-order valence-corrected chi connectivity index (χ0v) is 14.0. The van der Waals surface area contributed by atoms with Crippen LogP contribution in [0.1, 0.15) is 23.7 Å². The van der Waals surface area contributed by atoms with Gasteiger partial charge in [-0.2, -0.15) is 0 Å². The van der Waals surface area contributed by atoms with Gasteiger partial charge in [-0.05, 0) is 35.7 Å². The second-order valence-corrected chi connectivity index (χ2v) is 5.84. The second-order valence-electron chi connectivity index (χ2n) is 5.84. The summed E-state index contributed by atoms with van der Waals surface area (Å²) in [6.45, 7) is 2.65. The largest absolute Gasteiger partial charge is 0.493 e. The molecule has 0 radical (unpaired) electrons. The van der Waals surface area contributed by atoms with Crippen LogP contribution in [0.4, 0.5) is 4.79 Å². The predicted octanol–water partition coefficient (Wildman–Crippen LogP) is 2.44. The maximum atomic E-state index is 11.5. The van der Waals surface area contributed by atoms with Gasteiger partial charge in [-0.15, -0.1) is 0 Å². The lowest BCUT2D eigenvalue weighted by atomic mass is 10.1. The molecule has 1 saturated heterocycles. The van der Waals surface area contributed by atoms with Crippen molar-refractivity contribution in [3.8, 4) is 5.75 Å². The van der Waals surface area contributed by atoms with E-state index >= 15 is 0 Å². The number of benzene rings is 1.